The Morgan fingerprint density at radius 1 is 1.58 bits per heavy atom. The van der Waals surface area contributed by atoms with Crippen molar-refractivity contribution in [1.29, 1.82) is 0 Å². The molecule has 0 radical (unpaired) electrons. The van der Waals surface area contributed by atoms with E-state index in [-0.39, 0.29) is 5.78 Å². The molecule has 1 aromatic heterocycles. The standard InChI is InChI=1S/C9H10N2O/c1-6-3-4-7(12)8-9(6)11(2)5-10-8/h5H,1,3-4H2,2H3. The highest BCUT2D eigenvalue weighted by molar-refractivity contribution is 6.01. The molecule has 0 spiro atoms. The molecule has 3 nitrogen and oxygen atoms in total. The number of rotatable bonds is 0. The van der Waals surface area contributed by atoms with Crippen LogP contribution >= 0.6 is 0 Å². The quantitative estimate of drug-likeness (QED) is 0.578. The van der Waals surface area contributed by atoms with Gasteiger partial charge in [0.25, 0.3) is 0 Å². The molecule has 1 aromatic rings. The summed E-state index contributed by atoms with van der Waals surface area (Å²) in [5.41, 5.74) is 2.52. The average molecular weight is 162 g/mol. The van der Waals surface area contributed by atoms with Gasteiger partial charge < -0.3 is 4.57 Å². The molecule has 0 saturated heterocycles. The van der Waals surface area contributed by atoms with Gasteiger partial charge in [-0.2, -0.15) is 0 Å². The largest absolute Gasteiger partial charge is 0.333 e. The van der Waals surface area contributed by atoms with Crippen LogP contribution in [0.4, 0.5) is 0 Å². The van der Waals surface area contributed by atoms with Crippen molar-refractivity contribution in [3.63, 3.8) is 0 Å². The van der Waals surface area contributed by atoms with Gasteiger partial charge >= 0.3 is 0 Å². The number of fused-ring (bicyclic) bond motifs is 1. The van der Waals surface area contributed by atoms with Gasteiger partial charge in [-0.05, 0) is 12.0 Å². The molecule has 0 amide bonds. The Kier molecular flexibility index (Phi) is 1.40. The predicted molar refractivity (Wildman–Crippen MR) is 45.8 cm³/mol. The van der Waals surface area contributed by atoms with E-state index >= 15 is 0 Å². The highest BCUT2D eigenvalue weighted by atomic mass is 16.1. The number of aromatic nitrogens is 2. The highest BCUT2D eigenvalue weighted by Crippen LogP contribution is 2.27. The first kappa shape index (κ1) is 7.28. The van der Waals surface area contributed by atoms with Gasteiger partial charge in [-0.3, -0.25) is 4.79 Å². The number of aryl methyl sites for hydroxylation is 1. The van der Waals surface area contributed by atoms with Crippen LogP contribution in [-0.2, 0) is 7.05 Å². The summed E-state index contributed by atoms with van der Waals surface area (Å²) in [5, 5.41) is 0. The molecule has 0 atom stereocenters. The molecule has 0 saturated carbocycles. The number of ketones is 1. The Labute approximate surface area is 70.7 Å². The van der Waals surface area contributed by atoms with Gasteiger partial charge in [-0.25, -0.2) is 4.98 Å². The number of hydrogen-bond donors (Lipinski definition) is 0. The lowest BCUT2D eigenvalue weighted by Crippen LogP contribution is -2.11. The molecule has 1 aliphatic carbocycles. The van der Waals surface area contributed by atoms with Crippen LogP contribution in [0.3, 0.4) is 0 Å². The van der Waals surface area contributed by atoms with Crippen LogP contribution in [0.15, 0.2) is 12.9 Å². The molecule has 3 heteroatoms. The fourth-order valence-electron chi connectivity index (χ4n) is 1.55. The smallest absolute Gasteiger partial charge is 0.183 e. The second-order valence-electron chi connectivity index (χ2n) is 3.08. The normalized spacial score (nSPS) is 16.4. The molecule has 0 N–H and O–H groups in total. The van der Waals surface area contributed by atoms with Crippen LogP contribution in [0.2, 0.25) is 0 Å². The fourth-order valence-corrected chi connectivity index (χ4v) is 1.55. The van der Waals surface area contributed by atoms with Gasteiger partial charge in [0.1, 0.15) is 5.69 Å². The number of carbonyl (C=O) groups excluding carboxylic acids is 1. The molecular weight excluding hydrogens is 152 g/mol. The maximum atomic E-state index is 11.3. The molecule has 12 heavy (non-hydrogen) atoms. The van der Waals surface area contributed by atoms with Crippen LogP contribution < -0.4 is 0 Å². The first-order valence-electron chi connectivity index (χ1n) is 3.93. The van der Waals surface area contributed by atoms with Crippen LogP contribution in [0.25, 0.3) is 5.57 Å². The topological polar surface area (TPSA) is 34.9 Å². The molecule has 0 aliphatic heterocycles. The molecule has 0 unspecified atom stereocenters. The number of carbonyl (C=O) groups is 1. The van der Waals surface area contributed by atoms with E-state index < -0.39 is 0 Å². The van der Waals surface area contributed by atoms with Gasteiger partial charge in [-0.1, -0.05) is 6.58 Å². The van der Waals surface area contributed by atoms with Gasteiger partial charge in [-0.15, -0.1) is 0 Å². The Morgan fingerprint density at radius 3 is 3.00 bits per heavy atom. The van der Waals surface area contributed by atoms with Gasteiger partial charge in [0, 0.05) is 13.5 Å². The van der Waals surface area contributed by atoms with E-state index in [9.17, 15) is 4.79 Å². The van der Waals surface area contributed by atoms with E-state index in [4.69, 9.17) is 0 Å². The van der Waals surface area contributed by atoms with E-state index in [0.29, 0.717) is 12.1 Å². The van der Waals surface area contributed by atoms with Crippen LogP contribution in [-0.4, -0.2) is 15.3 Å². The monoisotopic (exact) mass is 162 g/mol. The molecule has 0 bridgehead atoms. The average Bonchev–Trinajstić information content (AvgIpc) is 2.42. The van der Waals surface area contributed by atoms with E-state index in [1.807, 2.05) is 11.6 Å². The maximum Gasteiger partial charge on any atom is 0.183 e. The fraction of sp³-hybridized carbons (Fsp3) is 0.333. The third kappa shape index (κ3) is 0.826. The number of hydrogen-bond acceptors (Lipinski definition) is 2. The summed E-state index contributed by atoms with van der Waals surface area (Å²) in [4.78, 5) is 15.4. The second-order valence-corrected chi connectivity index (χ2v) is 3.08. The zero-order valence-corrected chi connectivity index (χ0v) is 7.00. The third-order valence-corrected chi connectivity index (χ3v) is 2.19. The number of imidazole rings is 1. The highest BCUT2D eigenvalue weighted by Gasteiger charge is 2.23. The molecule has 1 heterocycles. The van der Waals surface area contributed by atoms with Crippen molar-refractivity contribution < 1.29 is 4.79 Å². The first-order valence-corrected chi connectivity index (χ1v) is 3.93. The van der Waals surface area contributed by atoms with E-state index in [1.165, 1.54) is 0 Å². The van der Waals surface area contributed by atoms with Crippen molar-refractivity contribution in [1.82, 2.24) is 9.55 Å². The lowest BCUT2D eigenvalue weighted by atomic mass is 9.96. The minimum absolute atomic E-state index is 0.137. The molecule has 2 rings (SSSR count). The minimum Gasteiger partial charge on any atom is -0.333 e. The molecule has 0 fully saturated rings. The van der Waals surface area contributed by atoms with Gasteiger partial charge in [0.15, 0.2) is 5.78 Å². The summed E-state index contributed by atoms with van der Waals surface area (Å²) in [6.45, 7) is 3.91. The van der Waals surface area contributed by atoms with Crippen LogP contribution in [0, 0.1) is 0 Å². The summed E-state index contributed by atoms with van der Waals surface area (Å²) in [6, 6.07) is 0. The summed E-state index contributed by atoms with van der Waals surface area (Å²) in [7, 11) is 1.88. The summed E-state index contributed by atoms with van der Waals surface area (Å²) in [6.07, 6.45) is 2.99. The Hall–Kier alpha value is -1.38. The van der Waals surface area contributed by atoms with Crippen molar-refractivity contribution >= 4 is 11.4 Å². The molecule has 0 aromatic carbocycles. The summed E-state index contributed by atoms with van der Waals surface area (Å²) < 4.78 is 1.86. The second kappa shape index (κ2) is 2.30. The Morgan fingerprint density at radius 2 is 2.33 bits per heavy atom. The molecule has 62 valence electrons. The lowest BCUT2D eigenvalue weighted by molar-refractivity contribution is 0.0976. The van der Waals surface area contributed by atoms with Crippen molar-refractivity contribution in [2.75, 3.05) is 0 Å². The summed E-state index contributed by atoms with van der Waals surface area (Å²) in [5.74, 6) is 0.137. The SMILES string of the molecule is C=C1CCC(=O)c2ncn(C)c21. The molecular formula is C9H10N2O. The van der Waals surface area contributed by atoms with Crippen molar-refractivity contribution in [3.8, 4) is 0 Å². The first-order chi connectivity index (χ1) is 5.70. The molecule has 1 aliphatic rings. The van der Waals surface area contributed by atoms with Crippen LogP contribution in [0.1, 0.15) is 29.0 Å². The minimum atomic E-state index is 0.137. The number of Topliss-reactive ketones (excluding diaryl/α,β-unsaturated/α-hetero) is 1. The Bertz CT molecular complexity index is 363. The lowest BCUT2D eigenvalue weighted by Gasteiger charge is -2.13. The third-order valence-electron chi connectivity index (χ3n) is 2.19. The van der Waals surface area contributed by atoms with Gasteiger partial charge in [0.2, 0.25) is 0 Å². The predicted octanol–water partition coefficient (Wildman–Crippen LogP) is 1.41. The van der Waals surface area contributed by atoms with E-state index in [0.717, 1.165) is 17.7 Å². The van der Waals surface area contributed by atoms with Crippen LogP contribution in [0.5, 0.6) is 0 Å². The zero-order chi connectivity index (χ0) is 8.72. The zero-order valence-electron chi connectivity index (χ0n) is 7.00. The number of nitrogens with zero attached hydrogens (tertiary/aromatic N) is 2. The van der Waals surface area contributed by atoms with E-state index in [1.54, 1.807) is 6.33 Å². The maximum absolute atomic E-state index is 11.3. The van der Waals surface area contributed by atoms with Crippen molar-refractivity contribution in [2.24, 2.45) is 7.05 Å². The van der Waals surface area contributed by atoms with E-state index in [2.05, 4.69) is 11.6 Å². The van der Waals surface area contributed by atoms with Gasteiger partial charge in [0.05, 0.1) is 12.0 Å². The summed E-state index contributed by atoms with van der Waals surface area (Å²) >= 11 is 0. The van der Waals surface area contributed by atoms with Crippen molar-refractivity contribution in [3.05, 3.63) is 24.3 Å². The Balaban J connectivity index is 2.65. The number of allylic oxidation sites excluding steroid dienone is 1. The van der Waals surface area contributed by atoms with Crippen molar-refractivity contribution in [2.45, 2.75) is 12.8 Å².